The van der Waals surface area contributed by atoms with Gasteiger partial charge in [0.1, 0.15) is 0 Å². The first-order chi connectivity index (χ1) is 10.6. The minimum Gasteiger partial charge on any atom is -0.258 e. The summed E-state index contributed by atoms with van der Waals surface area (Å²) in [7, 11) is 0. The van der Waals surface area contributed by atoms with E-state index >= 15 is 0 Å². The smallest absolute Gasteiger partial charge is 0.258 e. The van der Waals surface area contributed by atoms with Crippen LogP contribution in [0.15, 0.2) is 58.7 Å². The molecule has 0 saturated carbocycles. The van der Waals surface area contributed by atoms with Crippen molar-refractivity contribution in [1.29, 1.82) is 0 Å². The highest BCUT2D eigenvalue weighted by Gasteiger charge is 2.04. The van der Waals surface area contributed by atoms with E-state index in [-0.39, 0.29) is 11.4 Å². The molecule has 0 spiro atoms. The van der Waals surface area contributed by atoms with E-state index in [9.17, 15) is 20.2 Å². The minimum atomic E-state index is -0.496. The highest BCUT2D eigenvalue weighted by Crippen LogP contribution is 2.12. The molecule has 0 saturated heterocycles. The molecule has 0 bridgehead atoms. The Labute approximate surface area is 124 Å². The summed E-state index contributed by atoms with van der Waals surface area (Å²) in [5.41, 5.74) is 0.994. The first-order valence-corrected chi connectivity index (χ1v) is 6.11. The van der Waals surface area contributed by atoms with Crippen LogP contribution in [-0.4, -0.2) is 22.3 Å². The molecule has 0 radical (unpaired) electrons. The number of nitro groups is 2. The van der Waals surface area contributed by atoms with Crippen molar-refractivity contribution >= 4 is 23.8 Å². The lowest BCUT2D eigenvalue weighted by atomic mass is 10.2. The number of hydrogen-bond acceptors (Lipinski definition) is 6. The Hall–Kier alpha value is -3.42. The van der Waals surface area contributed by atoms with Crippen molar-refractivity contribution in [3.63, 3.8) is 0 Å². The van der Waals surface area contributed by atoms with Gasteiger partial charge in [-0.1, -0.05) is 24.3 Å². The van der Waals surface area contributed by atoms with Crippen molar-refractivity contribution in [2.24, 2.45) is 10.2 Å². The van der Waals surface area contributed by atoms with E-state index in [4.69, 9.17) is 0 Å². The van der Waals surface area contributed by atoms with Crippen LogP contribution in [-0.2, 0) is 0 Å². The average Bonchev–Trinajstić information content (AvgIpc) is 2.52. The SMILES string of the molecule is O=[N+]([O-])c1cccc(C=N/N=C/c2cccc([N+](=O)[O-])c2)c1. The van der Waals surface area contributed by atoms with Crippen LogP contribution < -0.4 is 0 Å². The molecular weight excluding hydrogens is 288 g/mol. The Balaban J connectivity index is 2.09. The van der Waals surface area contributed by atoms with Crippen LogP contribution in [0.4, 0.5) is 11.4 Å². The molecule has 0 aliphatic heterocycles. The number of hydrogen-bond donors (Lipinski definition) is 0. The fourth-order valence-electron chi connectivity index (χ4n) is 1.64. The summed E-state index contributed by atoms with van der Waals surface area (Å²) in [4.78, 5) is 20.3. The van der Waals surface area contributed by atoms with E-state index in [1.165, 1.54) is 36.7 Å². The zero-order valence-corrected chi connectivity index (χ0v) is 11.2. The van der Waals surface area contributed by atoms with E-state index in [0.717, 1.165) is 0 Å². The number of nitrogens with zero attached hydrogens (tertiary/aromatic N) is 4. The van der Waals surface area contributed by atoms with Gasteiger partial charge >= 0.3 is 0 Å². The first kappa shape index (κ1) is 15.0. The Bertz CT molecular complexity index is 705. The summed E-state index contributed by atoms with van der Waals surface area (Å²) >= 11 is 0. The zero-order valence-electron chi connectivity index (χ0n) is 11.2. The molecular formula is C14H10N4O4. The minimum absolute atomic E-state index is 0.0355. The van der Waals surface area contributed by atoms with E-state index in [1.54, 1.807) is 24.3 Å². The van der Waals surface area contributed by atoms with Crippen molar-refractivity contribution in [1.82, 2.24) is 0 Å². The molecule has 0 N–H and O–H groups in total. The third-order valence-corrected chi connectivity index (χ3v) is 2.64. The van der Waals surface area contributed by atoms with Gasteiger partial charge in [-0.15, -0.1) is 0 Å². The van der Waals surface area contributed by atoms with Crippen molar-refractivity contribution in [3.8, 4) is 0 Å². The van der Waals surface area contributed by atoms with Crippen LogP contribution in [0.2, 0.25) is 0 Å². The molecule has 0 amide bonds. The summed E-state index contributed by atoms with van der Waals surface area (Å²) in [5.74, 6) is 0. The molecule has 0 fully saturated rings. The van der Waals surface area contributed by atoms with E-state index in [2.05, 4.69) is 10.2 Å². The molecule has 0 aromatic heterocycles. The Morgan fingerprint density at radius 1 is 0.773 bits per heavy atom. The summed E-state index contributed by atoms with van der Waals surface area (Å²) in [5, 5.41) is 28.8. The van der Waals surface area contributed by atoms with Gasteiger partial charge in [0.25, 0.3) is 11.4 Å². The molecule has 8 heteroatoms. The monoisotopic (exact) mass is 298 g/mol. The van der Waals surface area contributed by atoms with Gasteiger partial charge in [-0.05, 0) is 0 Å². The molecule has 8 nitrogen and oxygen atoms in total. The van der Waals surface area contributed by atoms with Gasteiger partial charge in [-0.2, -0.15) is 10.2 Å². The predicted octanol–water partition coefficient (Wildman–Crippen LogP) is 2.96. The quantitative estimate of drug-likeness (QED) is 0.480. The van der Waals surface area contributed by atoms with Crippen LogP contribution in [0, 0.1) is 20.2 Å². The fourth-order valence-corrected chi connectivity index (χ4v) is 1.64. The molecule has 2 aromatic rings. The molecule has 0 atom stereocenters. The number of nitro benzene ring substituents is 2. The average molecular weight is 298 g/mol. The Morgan fingerprint density at radius 2 is 1.18 bits per heavy atom. The van der Waals surface area contributed by atoms with Gasteiger partial charge in [0, 0.05) is 35.4 Å². The van der Waals surface area contributed by atoms with Gasteiger partial charge in [0.05, 0.1) is 22.3 Å². The highest BCUT2D eigenvalue weighted by molar-refractivity contribution is 5.83. The predicted molar refractivity (Wildman–Crippen MR) is 81.4 cm³/mol. The van der Waals surface area contributed by atoms with Crippen molar-refractivity contribution in [3.05, 3.63) is 79.9 Å². The lowest BCUT2D eigenvalue weighted by Crippen LogP contribution is -1.90. The normalized spacial score (nSPS) is 11.1. The van der Waals surface area contributed by atoms with Crippen molar-refractivity contribution in [2.75, 3.05) is 0 Å². The number of rotatable bonds is 5. The Morgan fingerprint density at radius 3 is 1.55 bits per heavy atom. The second kappa shape index (κ2) is 6.84. The maximum atomic E-state index is 10.6. The summed E-state index contributed by atoms with van der Waals surface area (Å²) in [6, 6.07) is 11.9. The van der Waals surface area contributed by atoms with Crippen molar-refractivity contribution < 1.29 is 9.85 Å². The van der Waals surface area contributed by atoms with Crippen LogP contribution >= 0.6 is 0 Å². The van der Waals surface area contributed by atoms with Gasteiger partial charge in [0.2, 0.25) is 0 Å². The first-order valence-electron chi connectivity index (χ1n) is 6.11. The van der Waals surface area contributed by atoms with Crippen LogP contribution in [0.5, 0.6) is 0 Å². The fraction of sp³-hybridized carbons (Fsp3) is 0. The maximum absolute atomic E-state index is 10.6. The van der Waals surface area contributed by atoms with Crippen molar-refractivity contribution in [2.45, 2.75) is 0 Å². The summed E-state index contributed by atoms with van der Waals surface area (Å²) in [6.45, 7) is 0. The second-order valence-electron chi connectivity index (χ2n) is 4.19. The standard InChI is InChI=1S/C14H10N4O4/c19-17(20)13-5-1-3-11(7-13)9-15-16-10-12-4-2-6-14(8-12)18(21)22/h1-10H/b15-9+,16-10?. The molecule has 0 unspecified atom stereocenters. The van der Waals surface area contributed by atoms with Crippen LogP contribution in [0.3, 0.4) is 0 Å². The molecule has 0 aliphatic rings. The van der Waals surface area contributed by atoms with Gasteiger partial charge < -0.3 is 0 Å². The maximum Gasteiger partial charge on any atom is 0.270 e. The molecule has 110 valence electrons. The lowest BCUT2D eigenvalue weighted by Gasteiger charge is -1.93. The van der Waals surface area contributed by atoms with E-state index < -0.39 is 9.85 Å². The molecule has 22 heavy (non-hydrogen) atoms. The zero-order chi connectivity index (χ0) is 15.9. The van der Waals surface area contributed by atoms with Crippen LogP contribution in [0.1, 0.15) is 11.1 Å². The van der Waals surface area contributed by atoms with E-state index in [0.29, 0.717) is 11.1 Å². The third kappa shape index (κ3) is 4.04. The highest BCUT2D eigenvalue weighted by atomic mass is 16.6. The molecule has 2 rings (SSSR count). The lowest BCUT2D eigenvalue weighted by molar-refractivity contribution is -0.385. The topological polar surface area (TPSA) is 111 Å². The molecule has 0 heterocycles. The molecule has 0 aliphatic carbocycles. The van der Waals surface area contributed by atoms with Gasteiger partial charge in [-0.25, -0.2) is 0 Å². The summed E-state index contributed by atoms with van der Waals surface area (Å²) in [6.07, 6.45) is 2.72. The van der Waals surface area contributed by atoms with Crippen LogP contribution in [0.25, 0.3) is 0 Å². The largest absolute Gasteiger partial charge is 0.270 e. The Kier molecular flexibility index (Phi) is 4.66. The molecule has 2 aromatic carbocycles. The van der Waals surface area contributed by atoms with Gasteiger partial charge in [0.15, 0.2) is 0 Å². The van der Waals surface area contributed by atoms with E-state index in [1.807, 2.05) is 0 Å². The summed E-state index contributed by atoms with van der Waals surface area (Å²) < 4.78 is 0. The third-order valence-electron chi connectivity index (χ3n) is 2.64. The number of benzene rings is 2. The van der Waals surface area contributed by atoms with Gasteiger partial charge in [-0.3, -0.25) is 20.2 Å². The number of non-ortho nitro benzene ring substituents is 2. The second-order valence-corrected chi connectivity index (χ2v) is 4.19.